The number of Topliss-reactive ketones (excluding diaryl/α,β-unsaturated/α-hetero) is 1. The lowest BCUT2D eigenvalue weighted by Gasteiger charge is -2.21. The molecule has 1 aliphatic carbocycles. The van der Waals surface area contributed by atoms with E-state index in [2.05, 4.69) is 23.5 Å². The predicted octanol–water partition coefficient (Wildman–Crippen LogP) is 4.16. The molecular formula is C21H23NO3. The first-order chi connectivity index (χ1) is 11.8. The van der Waals surface area contributed by atoms with Crippen LogP contribution in [-0.2, 0) is 17.6 Å². The number of amides is 1. The van der Waals surface area contributed by atoms with Crippen LogP contribution in [0.15, 0.2) is 42.5 Å². The van der Waals surface area contributed by atoms with Crippen molar-refractivity contribution in [2.24, 2.45) is 0 Å². The van der Waals surface area contributed by atoms with E-state index in [1.54, 1.807) is 20.8 Å². The number of nitrogens with one attached hydrogen (secondary N) is 1. The maximum Gasteiger partial charge on any atom is 0.408 e. The highest BCUT2D eigenvalue weighted by Crippen LogP contribution is 2.33. The number of rotatable bonds is 3. The fourth-order valence-electron chi connectivity index (χ4n) is 3.08. The molecule has 4 heteroatoms. The summed E-state index contributed by atoms with van der Waals surface area (Å²) in [5.74, 6) is -0.118. The quantitative estimate of drug-likeness (QED) is 0.856. The molecule has 1 amide bonds. The Morgan fingerprint density at radius 2 is 1.68 bits per heavy atom. The number of carbonyl (C=O) groups excluding carboxylic acids is 2. The highest BCUT2D eigenvalue weighted by atomic mass is 16.6. The molecule has 3 rings (SSSR count). The van der Waals surface area contributed by atoms with Gasteiger partial charge in [-0.3, -0.25) is 4.79 Å². The van der Waals surface area contributed by atoms with Gasteiger partial charge in [0.1, 0.15) is 5.60 Å². The van der Waals surface area contributed by atoms with Crippen molar-refractivity contribution < 1.29 is 14.3 Å². The second kappa shape index (κ2) is 6.71. The monoisotopic (exact) mass is 337 g/mol. The van der Waals surface area contributed by atoms with Crippen LogP contribution >= 0.6 is 0 Å². The fraction of sp³-hybridized carbons (Fsp3) is 0.333. The molecule has 0 aromatic heterocycles. The molecular weight excluding hydrogens is 314 g/mol. The Kier molecular flexibility index (Phi) is 4.62. The largest absolute Gasteiger partial charge is 0.444 e. The van der Waals surface area contributed by atoms with Crippen LogP contribution in [0, 0.1) is 0 Å². The zero-order valence-corrected chi connectivity index (χ0v) is 14.9. The van der Waals surface area contributed by atoms with Crippen LogP contribution in [0.4, 0.5) is 4.79 Å². The van der Waals surface area contributed by atoms with Crippen LogP contribution in [0.2, 0.25) is 0 Å². The summed E-state index contributed by atoms with van der Waals surface area (Å²) in [4.78, 5) is 24.1. The molecule has 130 valence electrons. The molecule has 0 heterocycles. The lowest BCUT2D eigenvalue weighted by atomic mass is 9.84. The van der Waals surface area contributed by atoms with Crippen molar-refractivity contribution in [2.45, 2.75) is 39.2 Å². The van der Waals surface area contributed by atoms with Gasteiger partial charge in [-0.15, -0.1) is 0 Å². The first-order valence-electron chi connectivity index (χ1n) is 8.55. The van der Waals surface area contributed by atoms with Crippen LogP contribution in [0.25, 0.3) is 11.1 Å². The van der Waals surface area contributed by atoms with Gasteiger partial charge in [-0.05, 0) is 61.9 Å². The molecule has 0 spiro atoms. The van der Waals surface area contributed by atoms with Crippen LogP contribution in [0.5, 0.6) is 0 Å². The molecule has 0 radical (unpaired) electrons. The number of hydrogen-bond donors (Lipinski definition) is 1. The van der Waals surface area contributed by atoms with E-state index in [0.29, 0.717) is 5.56 Å². The molecule has 2 aromatic carbocycles. The maximum atomic E-state index is 12.4. The Morgan fingerprint density at radius 1 is 1.00 bits per heavy atom. The van der Waals surface area contributed by atoms with Gasteiger partial charge in [0.15, 0.2) is 5.78 Å². The SMILES string of the molecule is CC(C)(C)OC(=O)NCC(=O)c1ccc2c(c1)CCc1ccccc1-2. The van der Waals surface area contributed by atoms with Crippen molar-refractivity contribution in [3.63, 3.8) is 0 Å². The van der Waals surface area contributed by atoms with E-state index in [9.17, 15) is 9.59 Å². The Hall–Kier alpha value is -2.62. The zero-order chi connectivity index (χ0) is 18.0. The van der Waals surface area contributed by atoms with Crippen LogP contribution in [-0.4, -0.2) is 24.0 Å². The van der Waals surface area contributed by atoms with Crippen LogP contribution in [0.1, 0.15) is 42.3 Å². The summed E-state index contributed by atoms with van der Waals surface area (Å²) in [6, 6.07) is 14.2. The summed E-state index contributed by atoms with van der Waals surface area (Å²) in [5.41, 5.74) is 5.01. The highest BCUT2D eigenvalue weighted by Gasteiger charge is 2.19. The van der Waals surface area contributed by atoms with Gasteiger partial charge in [0, 0.05) is 5.56 Å². The van der Waals surface area contributed by atoms with Crippen molar-refractivity contribution in [2.75, 3.05) is 6.54 Å². The summed E-state index contributed by atoms with van der Waals surface area (Å²) < 4.78 is 5.15. The minimum Gasteiger partial charge on any atom is -0.444 e. The molecule has 2 aromatic rings. The number of ether oxygens (including phenoxy) is 1. The third-order valence-electron chi connectivity index (χ3n) is 4.19. The number of benzene rings is 2. The van der Waals surface area contributed by atoms with Gasteiger partial charge >= 0.3 is 6.09 Å². The fourth-order valence-corrected chi connectivity index (χ4v) is 3.08. The minimum absolute atomic E-state index is 0.0652. The molecule has 0 unspecified atom stereocenters. The van der Waals surface area contributed by atoms with E-state index in [1.807, 2.05) is 24.3 Å². The summed E-state index contributed by atoms with van der Waals surface area (Å²) in [7, 11) is 0. The lowest BCUT2D eigenvalue weighted by molar-refractivity contribution is 0.0520. The Labute approximate surface area is 148 Å². The number of aryl methyl sites for hydroxylation is 2. The topological polar surface area (TPSA) is 55.4 Å². The van der Waals surface area contributed by atoms with Crippen molar-refractivity contribution in [1.82, 2.24) is 5.32 Å². The van der Waals surface area contributed by atoms with E-state index in [0.717, 1.165) is 12.8 Å². The number of ketones is 1. The first-order valence-corrected chi connectivity index (χ1v) is 8.55. The van der Waals surface area contributed by atoms with Gasteiger partial charge in [0.25, 0.3) is 0 Å². The Balaban J connectivity index is 1.71. The third kappa shape index (κ3) is 4.08. The van der Waals surface area contributed by atoms with E-state index < -0.39 is 11.7 Å². The third-order valence-corrected chi connectivity index (χ3v) is 4.19. The number of alkyl carbamates (subject to hydrolysis) is 1. The Morgan fingerprint density at radius 3 is 2.44 bits per heavy atom. The predicted molar refractivity (Wildman–Crippen MR) is 97.9 cm³/mol. The van der Waals surface area contributed by atoms with Crippen molar-refractivity contribution in [3.8, 4) is 11.1 Å². The molecule has 0 saturated heterocycles. The van der Waals surface area contributed by atoms with E-state index in [-0.39, 0.29) is 12.3 Å². The van der Waals surface area contributed by atoms with Crippen LogP contribution < -0.4 is 5.32 Å². The van der Waals surface area contributed by atoms with Crippen molar-refractivity contribution in [3.05, 3.63) is 59.2 Å². The summed E-state index contributed by atoms with van der Waals surface area (Å²) in [6.45, 7) is 5.30. The average Bonchev–Trinajstić information content (AvgIpc) is 2.57. The van der Waals surface area contributed by atoms with Gasteiger partial charge in [0.2, 0.25) is 0 Å². The molecule has 1 N–H and O–H groups in total. The summed E-state index contributed by atoms with van der Waals surface area (Å²) >= 11 is 0. The normalized spacial score (nSPS) is 12.8. The number of hydrogen-bond acceptors (Lipinski definition) is 3. The zero-order valence-electron chi connectivity index (χ0n) is 14.9. The standard InChI is InChI=1S/C21H23NO3/c1-21(2,3)25-20(24)22-13-19(23)16-10-11-18-15(12-16)9-8-14-6-4-5-7-17(14)18/h4-7,10-12H,8-9,13H2,1-3H3,(H,22,24). The minimum atomic E-state index is -0.577. The van der Waals surface area contributed by atoms with Crippen molar-refractivity contribution in [1.29, 1.82) is 0 Å². The number of fused-ring (bicyclic) bond motifs is 3. The summed E-state index contributed by atoms with van der Waals surface area (Å²) in [6.07, 6.45) is 1.33. The van der Waals surface area contributed by atoms with Gasteiger partial charge in [-0.1, -0.05) is 36.4 Å². The van der Waals surface area contributed by atoms with Gasteiger partial charge in [0.05, 0.1) is 6.54 Å². The van der Waals surface area contributed by atoms with E-state index in [4.69, 9.17) is 4.74 Å². The highest BCUT2D eigenvalue weighted by molar-refractivity contribution is 5.99. The summed E-state index contributed by atoms with van der Waals surface area (Å²) in [5, 5.41) is 2.52. The van der Waals surface area contributed by atoms with E-state index >= 15 is 0 Å². The second-order valence-electron chi connectivity index (χ2n) is 7.31. The Bertz CT molecular complexity index is 818. The molecule has 0 saturated carbocycles. The second-order valence-corrected chi connectivity index (χ2v) is 7.31. The first kappa shape index (κ1) is 17.2. The maximum absolute atomic E-state index is 12.4. The van der Waals surface area contributed by atoms with E-state index in [1.165, 1.54) is 22.3 Å². The van der Waals surface area contributed by atoms with Gasteiger partial charge in [-0.25, -0.2) is 4.79 Å². The van der Waals surface area contributed by atoms with Crippen molar-refractivity contribution >= 4 is 11.9 Å². The van der Waals surface area contributed by atoms with Crippen LogP contribution in [0.3, 0.4) is 0 Å². The molecule has 0 aliphatic heterocycles. The molecule has 25 heavy (non-hydrogen) atoms. The lowest BCUT2D eigenvalue weighted by Crippen LogP contribution is -2.35. The smallest absolute Gasteiger partial charge is 0.408 e. The molecule has 0 fully saturated rings. The molecule has 0 bridgehead atoms. The average molecular weight is 337 g/mol. The molecule has 4 nitrogen and oxygen atoms in total. The van der Waals surface area contributed by atoms with Gasteiger partial charge in [-0.2, -0.15) is 0 Å². The number of carbonyl (C=O) groups is 2. The molecule has 0 atom stereocenters. The molecule has 1 aliphatic rings. The van der Waals surface area contributed by atoms with Gasteiger partial charge < -0.3 is 10.1 Å².